The lowest BCUT2D eigenvalue weighted by atomic mass is 10.0. The van der Waals surface area contributed by atoms with Gasteiger partial charge in [0, 0.05) is 35.2 Å². The van der Waals surface area contributed by atoms with E-state index in [1.165, 1.54) is 7.11 Å². The molecule has 202 valence electrons. The van der Waals surface area contributed by atoms with Gasteiger partial charge in [0.15, 0.2) is 5.82 Å². The molecule has 1 fully saturated rings. The average molecular weight is 548 g/mol. The number of rotatable bonds is 9. The molecule has 39 heavy (non-hydrogen) atoms. The number of nitrogens with one attached hydrogen (secondary N) is 2. The van der Waals surface area contributed by atoms with Crippen LogP contribution in [0, 0.1) is 6.92 Å². The van der Waals surface area contributed by atoms with Gasteiger partial charge in [0.25, 0.3) is 5.91 Å². The SMILES string of the molecule is COc1ccc(Nc2nnc(-c3ccc(C)c(S(=O)(=O)NCC4CCCO4)c3)c3ccccc23)cc1C(N)=O. The van der Waals surface area contributed by atoms with Crippen LogP contribution in [0.4, 0.5) is 11.5 Å². The lowest BCUT2D eigenvalue weighted by Crippen LogP contribution is -2.32. The molecule has 11 heteroatoms. The van der Waals surface area contributed by atoms with Crippen LogP contribution in [0.2, 0.25) is 0 Å². The third kappa shape index (κ3) is 5.56. The molecule has 3 aromatic carbocycles. The van der Waals surface area contributed by atoms with Crippen molar-refractivity contribution in [3.63, 3.8) is 0 Å². The van der Waals surface area contributed by atoms with Gasteiger partial charge in [0.05, 0.1) is 23.7 Å². The van der Waals surface area contributed by atoms with Gasteiger partial charge in [-0.05, 0) is 49.6 Å². The molecule has 5 rings (SSSR count). The number of benzene rings is 3. The molecule has 0 radical (unpaired) electrons. The molecule has 1 atom stereocenters. The highest BCUT2D eigenvalue weighted by Crippen LogP contribution is 2.33. The first-order chi connectivity index (χ1) is 18.8. The first kappa shape index (κ1) is 26.5. The fourth-order valence-electron chi connectivity index (χ4n) is 4.65. The number of aryl methyl sites for hydroxylation is 1. The standard InChI is InChI=1S/C28H29N5O5S/c1-17-9-10-18(14-25(17)39(35,36)30-16-20-6-5-13-38-20)26-21-7-3-4-8-22(21)28(33-32-26)31-19-11-12-24(37-2)23(15-19)27(29)34/h3-4,7-12,14-15,20,30H,5-6,13,16H2,1-2H3,(H2,29,34)(H,31,33). The van der Waals surface area contributed by atoms with E-state index in [1.54, 1.807) is 37.3 Å². The predicted molar refractivity (Wildman–Crippen MR) is 149 cm³/mol. The zero-order valence-electron chi connectivity index (χ0n) is 21.6. The number of methoxy groups -OCH3 is 1. The smallest absolute Gasteiger partial charge is 0.252 e. The Kier molecular flexibility index (Phi) is 7.47. The molecule has 0 spiro atoms. The maximum absolute atomic E-state index is 13.2. The quantitative estimate of drug-likeness (QED) is 0.286. The van der Waals surface area contributed by atoms with Gasteiger partial charge in [0.1, 0.15) is 11.4 Å². The maximum Gasteiger partial charge on any atom is 0.252 e. The first-order valence-corrected chi connectivity index (χ1v) is 14.0. The van der Waals surface area contributed by atoms with E-state index in [0.29, 0.717) is 40.7 Å². The van der Waals surface area contributed by atoms with E-state index >= 15 is 0 Å². The molecule has 10 nitrogen and oxygen atoms in total. The van der Waals surface area contributed by atoms with E-state index < -0.39 is 15.9 Å². The fourth-order valence-corrected chi connectivity index (χ4v) is 5.98. The number of carbonyl (C=O) groups excluding carboxylic acids is 1. The molecule has 0 aliphatic carbocycles. The Morgan fingerprint density at radius 3 is 2.62 bits per heavy atom. The zero-order valence-corrected chi connectivity index (χ0v) is 22.4. The van der Waals surface area contributed by atoms with Gasteiger partial charge < -0.3 is 20.5 Å². The second-order valence-corrected chi connectivity index (χ2v) is 11.0. The summed E-state index contributed by atoms with van der Waals surface area (Å²) in [5, 5.41) is 13.6. The van der Waals surface area contributed by atoms with Crippen LogP contribution in [-0.4, -0.2) is 50.9 Å². The molecule has 1 aliphatic rings. The summed E-state index contributed by atoms with van der Waals surface area (Å²) in [4.78, 5) is 12.0. The Bertz CT molecular complexity index is 1650. The van der Waals surface area contributed by atoms with Crippen molar-refractivity contribution in [1.29, 1.82) is 0 Å². The summed E-state index contributed by atoms with van der Waals surface area (Å²) < 4.78 is 39.8. The van der Waals surface area contributed by atoms with Gasteiger partial charge in [0.2, 0.25) is 10.0 Å². The van der Waals surface area contributed by atoms with Crippen molar-refractivity contribution in [2.75, 3.05) is 25.6 Å². The van der Waals surface area contributed by atoms with Gasteiger partial charge in [-0.15, -0.1) is 10.2 Å². The highest BCUT2D eigenvalue weighted by Gasteiger charge is 2.23. The molecule has 1 unspecified atom stereocenters. The molecule has 1 amide bonds. The number of anilines is 2. The van der Waals surface area contributed by atoms with E-state index in [9.17, 15) is 13.2 Å². The summed E-state index contributed by atoms with van der Waals surface area (Å²) in [5.41, 5.74) is 8.10. The normalized spacial score (nSPS) is 15.4. The molecular weight excluding hydrogens is 518 g/mol. The number of hydrogen-bond donors (Lipinski definition) is 3. The van der Waals surface area contributed by atoms with E-state index in [4.69, 9.17) is 15.2 Å². The second-order valence-electron chi connectivity index (χ2n) is 9.31. The van der Waals surface area contributed by atoms with Crippen molar-refractivity contribution in [2.45, 2.75) is 30.8 Å². The first-order valence-electron chi connectivity index (χ1n) is 12.5. The fraction of sp³-hybridized carbons (Fsp3) is 0.250. The van der Waals surface area contributed by atoms with Crippen LogP contribution in [0.25, 0.3) is 22.0 Å². The summed E-state index contributed by atoms with van der Waals surface area (Å²) in [6, 6.07) is 17.8. The number of aromatic nitrogens is 2. The van der Waals surface area contributed by atoms with Gasteiger partial charge in [-0.1, -0.05) is 36.4 Å². The van der Waals surface area contributed by atoms with Crippen molar-refractivity contribution in [3.8, 4) is 17.0 Å². The summed E-state index contributed by atoms with van der Waals surface area (Å²) in [7, 11) is -2.30. The van der Waals surface area contributed by atoms with E-state index in [-0.39, 0.29) is 23.1 Å². The number of sulfonamides is 1. The minimum atomic E-state index is -3.77. The minimum Gasteiger partial charge on any atom is -0.496 e. The lowest BCUT2D eigenvalue weighted by molar-refractivity contribution is 0.0997. The highest BCUT2D eigenvalue weighted by atomic mass is 32.2. The van der Waals surface area contributed by atoms with Gasteiger partial charge in [-0.3, -0.25) is 4.79 Å². The molecule has 1 saturated heterocycles. The van der Waals surface area contributed by atoms with Crippen molar-refractivity contribution in [2.24, 2.45) is 5.73 Å². The Morgan fingerprint density at radius 1 is 1.10 bits per heavy atom. The monoisotopic (exact) mass is 547 g/mol. The van der Waals surface area contributed by atoms with Crippen LogP contribution >= 0.6 is 0 Å². The van der Waals surface area contributed by atoms with Crippen LogP contribution < -0.4 is 20.5 Å². The maximum atomic E-state index is 13.2. The van der Waals surface area contributed by atoms with Gasteiger partial charge in [-0.2, -0.15) is 0 Å². The lowest BCUT2D eigenvalue weighted by Gasteiger charge is -2.15. The van der Waals surface area contributed by atoms with Gasteiger partial charge in [-0.25, -0.2) is 13.1 Å². The van der Waals surface area contributed by atoms with E-state index in [2.05, 4.69) is 20.2 Å². The molecule has 4 aromatic rings. The van der Waals surface area contributed by atoms with Crippen LogP contribution in [0.5, 0.6) is 5.75 Å². The molecule has 1 aromatic heterocycles. The summed E-state index contributed by atoms with van der Waals surface area (Å²) in [5.74, 6) is 0.222. The van der Waals surface area contributed by atoms with Crippen LogP contribution in [0.1, 0.15) is 28.8 Å². The topological polar surface area (TPSA) is 146 Å². The molecule has 1 aliphatic heterocycles. The number of amides is 1. The number of carbonyl (C=O) groups is 1. The number of nitrogens with two attached hydrogens (primary N) is 1. The Labute approximate surface area is 226 Å². The van der Waals surface area contributed by atoms with Crippen molar-refractivity contribution >= 4 is 38.2 Å². The minimum absolute atomic E-state index is 0.108. The number of primary amides is 1. The molecule has 0 saturated carbocycles. The van der Waals surface area contributed by atoms with Crippen LogP contribution in [-0.2, 0) is 14.8 Å². The number of ether oxygens (including phenoxy) is 2. The average Bonchev–Trinajstić information content (AvgIpc) is 3.46. The predicted octanol–water partition coefficient (Wildman–Crippen LogP) is 3.91. The zero-order chi connectivity index (χ0) is 27.6. The van der Waals surface area contributed by atoms with E-state index in [1.807, 2.05) is 30.3 Å². The van der Waals surface area contributed by atoms with Gasteiger partial charge >= 0.3 is 0 Å². The summed E-state index contributed by atoms with van der Waals surface area (Å²) in [6.45, 7) is 2.65. The largest absolute Gasteiger partial charge is 0.496 e. The highest BCUT2D eigenvalue weighted by molar-refractivity contribution is 7.89. The summed E-state index contributed by atoms with van der Waals surface area (Å²) >= 11 is 0. The third-order valence-corrected chi connectivity index (χ3v) is 8.26. The third-order valence-electron chi connectivity index (χ3n) is 6.69. The van der Waals surface area contributed by atoms with Crippen LogP contribution in [0.3, 0.4) is 0 Å². The van der Waals surface area contributed by atoms with Crippen LogP contribution in [0.15, 0.2) is 65.6 Å². The number of fused-ring (bicyclic) bond motifs is 1. The molecule has 2 heterocycles. The Morgan fingerprint density at radius 2 is 1.90 bits per heavy atom. The number of hydrogen-bond acceptors (Lipinski definition) is 8. The Balaban J connectivity index is 1.50. The molecule has 0 bridgehead atoms. The Hall–Kier alpha value is -4.06. The van der Waals surface area contributed by atoms with E-state index in [0.717, 1.165) is 23.6 Å². The van der Waals surface area contributed by atoms with Crippen molar-refractivity contribution in [1.82, 2.24) is 14.9 Å². The molecule has 4 N–H and O–H groups in total. The molecular formula is C28H29N5O5S. The van der Waals surface area contributed by atoms with Crippen molar-refractivity contribution in [3.05, 3.63) is 71.8 Å². The van der Waals surface area contributed by atoms with Crippen molar-refractivity contribution < 1.29 is 22.7 Å². The summed E-state index contributed by atoms with van der Waals surface area (Å²) in [6.07, 6.45) is 1.66. The number of nitrogens with zero attached hydrogens (tertiary/aromatic N) is 2. The second kappa shape index (κ2) is 11.0.